The van der Waals surface area contributed by atoms with Crippen LogP contribution in [0.4, 0.5) is 0 Å². The van der Waals surface area contributed by atoms with Crippen molar-refractivity contribution in [3.63, 3.8) is 0 Å². The summed E-state index contributed by atoms with van der Waals surface area (Å²) in [5.74, 6) is 3.18. The Kier molecular flexibility index (Phi) is 5.30. The van der Waals surface area contributed by atoms with Gasteiger partial charge in [0.25, 0.3) is 0 Å². The Morgan fingerprint density at radius 2 is 2.00 bits per heavy atom. The number of rotatable bonds is 2. The van der Waals surface area contributed by atoms with Gasteiger partial charge in [0.15, 0.2) is 0 Å². The summed E-state index contributed by atoms with van der Waals surface area (Å²) < 4.78 is 5.31. The molecular formula is C21H30O2Si. The van der Waals surface area contributed by atoms with Crippen molar-refractivity contribution in [3.8, 4) is 11.5 Å². The van der Waals surface area contributed by atoms with Crippen molar-refractivity contribution in [1.29, 1.82) is 0 Å². The second-order valence-corrected chi connectivity index (χ2v) is 13.2. The maximum Gasteiger partial charge on any atom is 0.313 e. The topological polar surface area (TPSA) is 26.3 Å². The number of hydrogen-bond acceptors (Lipinski definition) is 2. The number of carbonyl (C=O) groups excluding carboxylic acids is 1. The van der Waals surface area contributed by atoms with Crippen molar-refractivity contribution >= 4 is 14.0 Å². The summed E-state index contributed by atoms with van der Waals surface area (Å²) in [5.41, 5.74) is 8.20. The van der Waals surface area contributed by atoms with Gasteiger partial charge in [-0.05, 0) is 54.9 Å². The van der Waals surface area contributed by atoms with Crippen molar-refractivity contribution in [2.24, 2.45) is 0 Å². The largest absolute Gasteiger partial charge is 0.466 e. The average molecular weight is 343 g/mol. The molecule has 0 amide bonds. The summed E-state index contributed by atoms with van der Waals surface area (Å²) >= 11 is 0. The van der Waals surface area contributed by atoms with Crippen LogP contribution < -0.4 is 0 Å². The van der Waals surface area contributed by atoms with Gasteiger partial charge in [0, 0.05) is 5.56 Å². The van der Waals surface area contributed by atoms with Gasteiger partial charge in [-0.1, -0.05) is 45.5 Å². The third-order valence-electron chi connectivity index (χ3n) is 4.70. The third kappa shape index (κ3) is 4.11. The predicted octanol–water partition coefficient (Wildman–Crippen LogP) is 4.94. The molecule has 0 radical (unpaired) electrons. The number of benzene rings is 1. The molecule has 1 unspecified atom stereocenters. The zero-order chi connectivity index (χ0) is 18.1. The number of ether oxygens (including phenoxy) is 1. The first-order valence-corrected chi connectivity index (χ1v) is 12.4. The molecule has 0 heterocycles. The molecular weight excluding hydrogens is 312 g/mol. The molecule has 0 saturated heterocycles. The number of carbonyl (C=O) groups is 1. The molecule has 0 aliphatic heterocycles. The summed E-state index contributed by atoms with van der Waals surface area (Å²) in [6.45, 7) is 15.7. The Hall–Kier alpha value is -1.53. The average Bonchev–Trinajstić information content (AvgIpc) is 2.44. The zero-order valence-electron chi connectivity index (χ0n) is 16.2. The van der Waals surface area contributed by atoms with Crippen LogP contribution in [0.15, 0.2) is 12.1 Å². The van der Waals surface area contributed by atoms with E-state index in [1.54, 1.807) is 0 Å². The summed E-state index contributed by atoms with van der Waals surface area (Å²) in [4.78, 5) is 12.4. The van der Waals surface area contributed by atoms with E-state index in [1.165, 1.54) is 5.56 Å². The fourth-order valence-electron chi connectivity index (χ4n) is 3.28. The molecule has 1 aliphatic rings. The van der Waals surface area contributed by atoms with Crippen molar-refractivity contribution < 1.29 is 9.53 Å². The molecule has 130 valence electrons. The van der Waals surface area contributed by atoms with E-state index in [2.05, 4.69) is 64.0 Å². The maximum absolute atomic E-state index is 12.4. The van der Waals surface area contributed by atoms with Crippen LogP contribution in [0.5, 0.6) is 0 Å². The molecule has 1 atom stereocenters. The highest BCUT2D eigenvalue weighted by Crippen LogP contribution is 2.44. The minimum absolute atomic E-state index is 0.0711. The normalized spacial score (nSPS) is 19.0. The smallest absolute Gasteiger partial charge is 0.313 e. The third-order valence-corrected chi connectivity index (χ3v) is 5.58. The van der Waals surface area contributed by atoms with Crippen LogP contribution in [-0.2, 0) is 14.9 Å². The van der Waals surface area contributed by atoms with Crippen molar-refractivity contribution in [2.45, 2.75) is 71.5 Å². The van der Waals surface area contributed by atoms with Gasteiger partial charge in [0.2, 0.25) is 0 Å². The Labute approximate surface area is 148 Å². The maximum atomic E-state index is 12.4. The molecule has 1 aromatic rings. The lowest BCUT2D eigenvalue weighted by Crippen LogP contribution is -2.30. The van der Waals surface area contributed by atoms with Gasteiger partial charge >= 0.3 is 5.97 Å². The van der Waals surface area contributed by atoms with Gasteiger partial charge in [-0.3, -0.25) is 4.79 Å². The minimum Gasteiger partial charge on any atom is -0.466 e. The second kappa shape index (κ2) is 6.76. The zero-order valence-corrected chi connectivity index (χ0v) is 17.2. The molecule has 0 saturated carbocycles. The first-order valence-electron chi connectivity index (χ1n) is 8.90. The lowest BCUT2D eigenvalue weighted by molar-refractivity contribution is -0.145. The summed E-state index contributed by atoms with van der Waals surface area (Å²) in [6.07, 6.45) is 1.85. The standard InChI is InChI=1S/C21H30O2Si/c1-8-23-20(22)17-9-11-21(3,4)19-14-16(10-12-24(5,6)7)15(2)13-18(17)19/h13-14,17H,8-9,11H2,1-7H3. The monoisotopic (exact) mass is 342 g/mol. The van der Waals surface area contributed by atoms with Gasteiger partial charge < -0.3 is 4.74 Å². The molecule has 2 nitrogen and oxygen atoms in total. The Bertz CT molecular complexity index is 699. The van der Waals surface area contributed by atoms with E-state index in [0.29, 0.717) is 6.61 Å². The van der Waals surface area contributed by atoms with Crippen LogP contribution in [0.1, 0.15) is 61.8 Å². The molecule has 3 heteroatoms. The van der Waals surface area contributed by atoms with E-state index in [0.717, 1.165) is 29.5 Å². The fraction of sp³-hybridized carbons (Fsp3) is 0.571. The van der Waals surface area contributed by atoms with Crippen LogP contribution in [-0.4, -0.2) is 20.7 Å². The first-order chi connectivity index (χ1) is 11.0. The van der Waals surface area contributed by atoms with E-state index in [1.807, 2.05) is 6.92 Å². The highest BCUT2D eigenvalue weighted by atomic mass is 28.3. The van der Waals surface area contributed by atoms with Gasteiger partial charge in [-0.25, -0.2) is 0 Å². The van der Waals surface area contributed by atoms with Crippen LogP contribution >= 0.6 is 0 Å². The van der Waals surface area contributed by atoms with Crippen LogP contribution in [0, 0.1) is 18.4 Å². The Morgan fingerprint density at radius 1 is 1.33 bits per heavy atom. The van der Waals surface area contributed by atoms with E-state index >= 15 is 0 Å². The Balaban J connectivity index is 2.54. The van der Waals surface area contributed by atoms with Crippen LogP contribution in [0.3, 0.4) is 0 Å². The fourth-order valence-corrected chi connectivity index (χ4v) is 3.79. The van der Waals surface area contributed by atoms with E-state index in [-0.39, 0.29) is 17.3 Å². The highest BCUT2D eigenvalue weighted by molar-refractivity contribution is 6.83. The molecule has 0 spiro atoms. The summed E-state index contributed by atoms with van der Waals surface area (Å²) in [5, 5.41) is 0. The van der Waals surface area contributed by atoms with Crippen molar-refractivity contribution in [1.82, 2.24) is 0 Å². The molecule has 0 N–H and O–H groups in total. The molecule has 1 aromatic carbocycles. The number of hydrogen-bond donors (Lipinski definition) is 0. The number of esters is 1. The highest BCUT2D eigenvalue weighted by Gasteiger charge is 2.37. The molecule has 0 aromatic heterocycles. The van der Waals surface area contributed by atoms with Gasteiger partial charge in [0.1, 0.15) is 8.07 Å². The predicted molar refractivity (Wildman–Crippen MR) is 103 cm³/mol. The van der Waals surface area contributed by atoms with E-state index in [4.69, 9.17) is 4.74 Å². The van der Waals surface area contributed by atoms with E-state index in [9.17, 15) is 4.79 Å². The van der Waals surface area contributed by atoms with Crippen LogP contribution in [0.25, 0.3) is 0 Å². The number of aryl methyl sites for hydroxylation is 1. The molecule has 1 aliphatic carbocycles. The minimum atomic E-state index is -1.41. The van der Waals surface area contributed by atoms with Gasteiger partial charge in [-0.15, -0.1) is 5.54 Å². The van der Waals surface area contributed by atoms with Crippen LogP contribution in [0.2, 0.25) is 19.6 Å². The molecule has 0 bridgehead atoms. The number of fused-ring (bicyclic) bond motifs is 1. The first kappa shape index (κ1) is 18.8. The van der Waals surface area contributed by atoms with Crippen molar-refractivity contribution in [3.05, 3.63) is 34.4 Å². The van der Waals surface area contributed by atoms with E-state index < -0.39 is 8.07 Å². The summed E-state index contributed by atoms with van der Waals surface area (Å²) in [7, 11) is -1.41. The summed E-state index contributed by atoms with van der Waals surface area (Å²) in [6, 6.07) is 4.40. The lowest BCUT2D eigenvalue weighted by atomic mass is 9.68. The van der Waals surface area contributed by atoms with Crippen molar-refractivity contribution in [2.75, 3.05) is 6.61 Å². The molecule has 24 heavy (non-hydrogen) atoms. The molecule has 2 rings (SSSR count). The van der Waals surface area contributed by atoms with Gasteiger partial charge in [-0.2, -0.15) is 0 Å². The Morgan fingerprint density at radius 3 is 2.58 bits per heavy atom. The SMILES string of the molecule is CCOC(=O)C1CCC(C)(C)c2cc(C#C[Si](C)(C)C)c(C)cc21. The second-order valence-electron chi connectivity index (χ2n) is 8.48. The molecule has 0 fully saturated rings. The van der Waals surface area contributed by atoms with Gasteiger partial charge in [0.05, 0.1) is 12.5 Å². The lowest BCUT2D eigenvalue weighted by Gasteiger charge is -2.36. The quantitative estimate of drug-likeness (QED) is 0.432.